The van der Waals surface area contributed by atoms with Crippen LogP contribution in [0, 0.1) is 5.82 Å². The van der Waals surface area contributed by atoms with Crippen LogP contribution in [0.25, 0.3) is 16.9 Å². The number of rotatable bonds is 7. The van der Waals surface area contributed by atoms with Gasteiger partial charge < -0.3 is 19.8 Å². The monoisotopic (exact) mass is 563 g/mol. The minimum Gasteiger partial charge on any atom is -0.391 e. The van der Waals surface area contributed by atoms with E-state index < -0.39 is 0 Å². The third-order valence-electron chi connectivity index (χ3n) is 7.83. The number of aliphatic hydroxyl groups excluding tert-OH is 1. The van der Waals surface area contributed by atoms with Crippen LogP contribution in [0.2, 0.25) is 0 Å². The van der Waals surface area contributed by atoms with Crippen molar-refractivity contribution in [1.82, 2.24) is 24.2 Å². The minimum atomic E-state index is -0.386. The number of hydrogen-bond donors (Lipinski definition) is 1. The number of benzene rings is 1. The number of halogens is 1. The molecule has 0 radical (unpaired) electrons. The van der Waals surface area contributed by atoms with E-state index in [9.17, 15) is 14.3 Å². The van der Waals surface area contributed by atoms with E-state index in [0.717, 1.165) is 71.8 Å². The first kappa shape index (κ1) is 26.7. The highest BCUT2D eigenvalue weighted by Gasteiger charge is 2.27. The molecule has 0 aliphatic carbocycles. The molecular weight excluding hydrogens is 529 g/mol. The molecule has 2 aliphatic rings. The minimum absolute atomic E-state index is 0.106. The summed E-state index contributed by atoms with van der Waals surface area (Å²) in [6.45, 7) is 6.89. The number of carbonyl (C=O) groups is 1. The number of β-amino-alcohol motifs (C(OH)–C–C–N with tert-alkyl or cyclic N) is 1. The summed E-state index contributed by atoms with van der Waals surface area (Å²) in [5.41, 5.74) is 4.69. The van der Waals surface area contributed by atoms with Crippen molar-refractivity contribution in [3.63, 3.8) is 0 Å². The second-order valence-corrected chi connectivity index (χ2v) is 11.3. The molecule has 11 heteroatoms. The fourth-order valence-electron chi connectivity index (χ4n) is 5.54. The lowest BCUT2D eigenvalue weighted by molar-refractivity contribution is -0.131. The number of aliphatic hydroxyl groups is 1. The predicted molar refractivity (Wildman–Crippen MR) is 156 cm³/mol. The van der Waals surface area contributed by atoms with Gasteiger partial charge in [0, 0.05) is 63.5 Å². The van der Waals surface area contributed by atoms with E-state index in [1.165, 1.54) is 12.1 Å². The Bertz CT molecular complexity index is 1500. The molecule has 2 saturated heterocycles. The Morgan fingerprint density at radius 1 is 1.10 bits per heavy atom. The number of aryl methyl sites for hydroxylation is 1. The van der Waals surface area contributed by atoms with E-state index in [-0.39, 0.29) is 17.8 Å². The second-order valence-electron chi connectivity index (χ2n) is 10.5. The highest BCUT2D eigenvalue weighted by Crippen LogP contribution is 2.34. The van der Waals surface area contributed by atoms with Gasteiger partial charge in [0.2, 0.25) is 5.91 Å². The number of anilines is 3. The van der Waals surface area contributed by atoms with Crippen molar-refractivity contribution < 1.29 is 14.3 Å². The maximum absolute atomic E-state index is 13.4. The summed E-state index contributed by atoms with van der Waals surface area (Å²) >= 11 is 1.55. The lowest BCUT2D eigenvalue weighted by Crippen LogP contribution is -2.50. The fraction of sp³-hybridized carbons (Fsp3) is 0.414. The largest absolute Gasteiger partial charge is 0.391 e. The molecule has 5 heterocycles. The number of likely N-dealkylation sites (tertiary alicyclic amines) is 1. The number of thiazole rings is 1. The number of fused-ring (bicyclic) bond motifs is 1. The van der Waals surface area contributed by atoms with Gasteiger partial charge in [0.15, 0.2) is 5.13 Å². The number of imidazole rings is 1. The number of carbonyl (C=O) groups excluding carboxylic acids is 1. The zero-order valence-electron chi connectivity index (χ0n) is 22.8. The molecule has 1 N–H and O–H groups in total. The van der Waals surface area contributed by atoms with Crippen LogP contribution in [0.4, 0.5) is 21.0 Å². The maximum atomic E-state index is 13.4. The van der Waals surface area contributed by atoms with Gasteiger partial charge in [-0.25, -0.2) is 14.4 Å². The maximum Gasteiger partial charge on any atom is 0.236 e. The topological polar surface area (TPSA) is 80.5 Å². The molecule has 1 aromatic carbocycles. The van der Waals surface area contributed by atoms with Crippen molar-refractivity contribution in [2.24, 2.45) is 0 Å². The molecule has 2 fully saturated rings. The third-order valence-corrected chi connectivity index (χ3v) is 8.75. The van der Waals surface area contributed by atoms with Gasteiger partial charge in [0.1, 0.15) is 17.3 Å². The summed E-state index contributed by atoms with van der Waals surface area (Å²) in [6, 6.07) is 10.6. The van der Waals surface area contributed by atoms with Gasteiger partial charge in [-0.05, 0) is 49.2 Å². The van der Waals surface area contributed by atoms with E-state index >= 15 is 0 Å². The van der Waals surface area contributed by atoms with Crippen LogP contribution in [-0.4, -0.2) is 94.1 Å². The second kappa shape index (κ2) is 11.1. The first-order valence-corrected chi connectivity index (χ1v) is 14.7. The summed E-state index contributed by atoms with van der Waals surface area (Å²) in [5.74, 6) is 0.828. The van der Waals surface area contributed by atoms with Crippen molar-refractivity contribution in [3.8, 4) is 11.3 Å². The van der Waals surface area contributed by atoms with E-state index in [1.807, 2.05) is 12.4 Å². The summed E-state index contributed by atoms with van der Waals surface area (Å²) in [4.78, 5) is 30.8. The molecule has 4 aromatic rings. The normalized spacial score (nSPS) is 18.1. The van der Waals surface area contributed by atoms with Crippen LogP contribution in [0.15, 0.2) is 48.0 Å². The lowest BCUT2D eigenvalue weighted by Gasteiger charge is -2.36. The number of nitrogens with zero attached hydrogens (tertiary/aromatic N) is 7. The van der Waals surface area contributed by atoms with Crippen molar-refractivity contribution in [3.05, 3.63) is 59.5 Å². The van der Waals surface area contributed by atoms with Crippen molar-refractivity contribution in [2.75, 3.05) is 62.7 Å². The Kier molecular flexibility index (Phi) is 7.43. The Labute approximate surface area is 237 Å². The molecule has 210 valence electrons. The molecule has 1 amide bonds. The van der Waals surface area contributed by atoms with Crippen molar-refractivity contribution in [1.29, 1.82) is 0 Å². The Balaban J connectivity index is 1.19. The van der Waals surface area contributed by atoms with E-state index in [1.54, 1.807) is 28.4 Å². The lowest BCUT2D eigenvalue weighted by atomic mass is 10.2. The molecule has 0 bridgehead atoms. The Morgan fingerprint density at radius 2 is 1.88 bits per heavy atom. The molecule has 0 saturated carbocycles. The smallest absolute Gasteiger partial charge is 0.236 e. The van der Waals surface area contributed by atoms with Crippen LogP contribution in [0.3, 0.4) is 0 Å². The van der Waals surface area contributed by atoms with Crippen molar-refractivity contribution in [2.45, 2.75) is 25.9 Å². The molecule has 6 rings (SSSR count). The molecule has 9 nitrogen and oxygen atoms in total. The highest BCUT2D eigenvalue weighted by atomic mass is 32.1. The van der Waals surface area contributed by atoms with Gasteiger partial charge in [-0.2, -0.15) is 0 Å². The van der Waals surface area contributed by atoms with Gasteiger partial charge in [0.05, 0.1) is 29.7 Å². The van der Waals surface area contributed by atoms with Gasteiger partial charge >= 0.3 is 0 Å². The van der Waals surface area contributed by atoms with E-state index in [2.05, 4.69) is 44.4 Å². The molecular formula is C29H34FN7O2S. The number of pyridine rings is 1. The standard InChI is InChI=1S/C29H34FN7O2S/c1-3-24-28(33(2)29-32-25(19-40-29)20-4-6-21(30)7-5-20)37-16-22(8-9-26(37)31-24)35-14-12-34(13-15-35)18-27(39)36-11-10-23(38)17-36/h4-9,16,19,23,38H,3,10-15,17-18H2,1-2H3/t23-/m1/s1. The number of aromatic nitrogens is 3. The molecule has 1 atom stereocenters. The van der Waals surface area contributed by atoms with Crippen LogP contribution >= 0.6 is 11.3 Å². The van der Waals surface area contributed by atoms with Gasteiger partial charge in [-0.1, -0.05) is 6.92 Å². The average Bonchev–Trinajstić information content (AvgIpc) is 3.71. The van der Waals surface area contributed by atoms with Crippen molar-refractivity contribution >= 4 is 39.5 Å². The SMILES string of the molecule is CCc1nc2ccc(N3CCN(CC(=O)N4CC[C@@H](O)C4)CC3)cn2c1N(C)c1nc(-c2ccc(F)cc2)cs1. The van der Waals surface area contributed by atoms with Crippen LogP contribution in [-0.2, 0) is 11.2 Å². The molecule has 40 heavy (non-hydrogen) atoms. The molecule has 2 aliphatic heterocycles. The first-order chi connectivity index (χ1) is 19.4. The number of hydrogen-bond acceptors (Lipinski definition) is 8. The van der Waals surface area contributed by atoms with Crippen LogP contribution < -0.4 is 9.80 Å². The summed E-state index contributed by atoms with van der Waals surface area (Å²) in [7, 11) is 2.01. The molecule has 0 unspecified atom stereocenters. The third kappa shape index (κ3) is 5.28. The fourth-order valence-corrected chi connectivity index (χ4v) is 6.34. The van der Waals surface area contributed by atoms with E-state index in [4.69, 9.17) is 9.97 Å². The summed E-state index contributed by atoms with van der Waals surface area (Å²) in [6.07, 6.45) is 3.22. The number of amides is 1. The predicted octanol–water partition coefficient (Wildman–Crippen LogP) is 3.64. The summed E-state index contributed by atoms with van der Waals surface area (Å²) < 4.78 is 15.5. The molecule has 0 spiro atoms. The zero-order chi connectivity index (χ0) is 27.8. The first-order valence-electron chi connectivity index (χ1n) is 13.8. The average molecular weight is 564 g/mol. The van der Waals surface area contributed by atoms with Crippen LogP contribution in [0.5, 0.6) is 0 Å². The molecule has 3 aromatic heterocycles. The zero-order valence-corrected chi connectivity index (χ0v) is 23.6. The highest BCUT2D eigenvalue weighted by molar-refractivity contribution is 7.14. The van der Waals surface area contributed by atoms with Gasteiger partial charge in [0.25, 0.3) is 0 Å². The van der Waals surface area contributed by atoms with Crippen LogP contribution in [0.1, 0.15) is 19.0 Å². The Hall–Kier alpha value is -3.54. The summed E-state index contributed by atoms with van der Waals surface area (Å²) in [5, 5.41) is 12.6. The number of piperazine rings is 1. The Morgan fingerprint density at radius 3 is 2.58 bits per heavy atom. The quantitative estimate of drug-likeness (QED) is 0.368. The van der Waals surface area contributed by atoms with Gasteiger partial charge in [-0.3, -0.25) is 14.1 Å². The van der Waals surface area contributed by atoms with Gasteiger partial charge in [-0.15, -0.1) is 11.3 Å². The van der Waals surface area contributed by atoms with E-state index in [0.29, 0.717) is 26.1 Å².